The van der Waals surface area contributed by atoms with Crippen LogP contribution in [0.15, 0.2) is 0 Å². The van der Waals surface area contributed by atoms with E-state index in [4.69, 9.17) is 9.84 Å². The van der Waals surface area contributed by atoms with Crippen LogP contribution in [0.25, 0.3) is 0 Å². The summed E-state index contributed by atoms with van der Waals surface area (Å²) in [7, 11) is 4.31. The topological polar surface area (TPSA) is 35.9 Å². The molecule has 15 heavy (non-hydrogen) atoms. The maximum atomic E-state index is 8.55. The first-order chi connectivity index (χ1) is 7.24. The molecule has 1 saturated heterocycles. The predicted octanol–water partition coefficient (Wildman–Crippen LogP) is 0.0213. The van der Waals surface area contributed by atoms with Gasteiger partial charge in [-0.3, -0.25) is 0 Å². The summed E-state index contributed by atoms with van der Waals surface area (Å²) >= 11 is 0. The molecule has 1 N–H and O–H groups in total. The number of likely N-dealkylation sites (tertiary alicyclic amines) is 1. The summed E-state index contributed by atoms with van der Waals surface area (Å²) in [5, 5.41) is 8.55. The fraction of sp³-hybridized carbons (Fsp3) is 1.00. The van der Waals surface area contributed by atoms with Gasteiger partial charge in [-0.25, -0.2) is 0 Å². The second kappa shape index (κ2) is 7.17. The number of nitrogens with zero attached hydrogens (tertiary/aromatic N) is 2. The molecule has 4 heteroatoms. The Hall–Kier alpha value is -0.160. The van der Waals surface area contributed by atoms with Crippen LogP contribution in [0, 0.1) is 0 Å². The van der Waals surface area contributed by atoms with E-state index in [1.807, 2.05) is 0 Å². The minimum Gasteiger partial charge on any atom is -0.394 e. The van der Waals surface area contributed by atoms with Crippen molar-refractivity contribution in [2.45, 2.75) is 18.9 Å². The smallest absolute Gasteiger partial charge is 0.0698 e. The highest BCUT2D eigenvalue weighted by molar-refractivity contribution is 4.76. The normalized spacial score (nSPS) is 20.0. The van der Waals surface area contributed by atoms with Gasteiger partial charge >= 0.3 is 0 Å². The summed E-state index contributed by atoms with van der Waals surface area (Å²) in [5.74, 6) is 0. The van der Waals surface area contributed by atoms with Gasteiger partial charge in [0.2, 0.25) is 0 Å². The van der Waals surface area contributed by atoms with Crippen LogP contribution in [0.3, 0.4) is 0 Å². The van der Waals surface area contributed by atoms with Crippen molar-refractivity contribution < 1.29 is 9.84 Å². The number of hydrogen-bond donors (Lipinski definition) is 1. The highest BCUT2D eigenvalue weighted by Gasteiger charge is 2.19. The highest BCUT2D eigenvalue weighted by atomic mass is 16.5. The van der Waals surface area contributed by atoms with E-state index in [2.05, 4.69) is 23.9 Å². The Balaban J connectivity index is 2.04. The number of aliphatic hydroxyl groups is 1. The van der Waals surface area contributed by atoms with E-state index < -0.39 is 0 Å². The Labute approximate surface area is 92.8 Å². The van der Waals surface area contributed by atoms with Crippen LogP contribution < -0.4 is 0 Å². The van der Waals surface area contributed by atoms with Crippen molar-refractivity contribution in [3.63, 3.8) is 0 Å². The van der Waals surface area contributed by atoms with E-state index in [0.29, 0.717) is 6.61 Å². The first kappa shape index (κ1) is 12.9. The first-order valence-corrected chi connectivity index (χ1v) is 5.81. The molecule has 1 rings (SSSR count). The van der Waals surface area contributed by atoms with Gasteiger partial charge in [-0.1, -0.05) is 0 Å². The van der Waals surface area contributed by atoms with Crippen molar-refractivity contribution in [1.29, 1.82) is 0 Å². The lowest BCUT2D eigenvalue weighted by Crippen LogP contribution is -2.43. The molecule has 0 aromatic carbocycles. The molecule has 0 bridgehead atoms. The number of ether oxygens (including phenoxy) is 1. The van der Waals surface area contributed by atoms with Gasteiger partial charge in [0.15, 0.2) is 0 Å². The zero-order valence-corrected chi connectivity index (χ0v) is 9.98. The van der Waals surface area contributed by atoms with Gasteiger partial charge < -0.3 is 19.6 Å². The number of piperidine rings is 1. The Kier molecular flexibility index (Phi) is 6.17. The second-order valence-electron chi connectivity index (χ2n) is 4.37. The molecule has 0 atom stereocenters. The van der Waals surface area contributed by atoms with Crippen molar-refractivity contribution in [2.24, 2.45) is 0 Å². The molecule has 1 fully saturated rings. The summed E-state index contributed by atoms with van der Waals surface area (Å²) in [6, 6.07) is 0.750. The second-order valence-corrected chi connectivity index (χ2v) is 4.37. The number of rotatable bonds is 6. The molecule has 0 radical (unpaired) electrons. The van der Waals surface area contributed by atoms with Crippen molar-refractivity contribution in [3.05, 3.63) is 0 Å². The lowest BCUT2D eigenvalue weighted by molar-refractivity contribution is 0.0612. The fourth-order valence-corrected chi connectivity index (χ4v) is 2.02. The molecule has 4 nitrogen and oxygen atoms in total. The van der Waals surface area contributed by atoms with E-state index in [9.17, 15) is 0 Å². The summed E-state index contributed by atoms with van der Waals surface area (Å²) in [6.45, 7) is 4.68. The van der Waals surface area contributed by atoms with Crippen LogP contribution in [0.1, 0.15) is 12.8 Å². The van der Waals surface area contributed by atoms with Gasteiger partial charge in [0.25, 0.3) is 0 Å². The van der Waals surface area contributed by atoms with Crippen LogP contribution >= 0.6 is 0 Å². The van der Waals surface area contributed by atoms with E-state index >= 15 is 0 Å². The van der Waals surface area contributed by atoms with Crippen LogP contribution in [-0.2, 0) is 4.74 Å². The third kappa shape index (κ3) is 4.93. The third-order valence-corrected chi connectivity index (χ3v) is 3.07. The van der Waals surface area contributed by atoms with E-state index in [1.165, 1.54) is 25.9 Å². The van der Waals surface area contributed by atoms with Crippen LogP contribution in [0.2, 0.25) is 0 Å². The average molecular weight is 216 g/mol. The molecule has 90 valence electrons. The molecule has 1 aliphatic rings. The van der Waals surface area contributed by atoms with Gasteiger partial charge in [-0.15, -0.1) is 0 Å². The van der Waals surface area contributed by atoms with Gasteiger partial charge in [-0.05, 0) is 40.0 Å². The molecule has 0 aliphatic carbocycles. The quantitative estimate of drug-likeness (QED) is 0.635. The summed E-state index contributed by atoms with van der Waals surface area (Å²) in [4.78, 5) is 4.76. The molecule has 0 unspecified atom stereocenters. The zero-order chi connectivity index (χ0) is 11.1. The Morgan fingerprint density at radius 2 is 1.93 bits per heavy atom. The minimum absolute atomic E-state index is 0.128. The lowest BCUT2D eigenvalue weighted by atomic mass is 10.0. The van der Waals surface area contributed by atoms with Gasteiger partial charge in [0, 0.05) is 12.6 Å². The van der Waals surface area contributed by atoms with Crippen LogP contribution in [0.5, 0.6) is 0 Å². The average Bonchev–Trinajstić information content (AvgIpc) is 2.25. The van der Waals surface area contributed by atoms with Crippen LogP contribution in [0.4, 0.5) is 0 Å². The highest BCUT2D eigenvalue weighted by Crippen LogP contribution is 2.13. The molecular formula is C11H24N2O2. The Morgan fingerprint density at radius 3 is 2.47 bits per heavy atom. The first-order valence-electron chi connectivity index (χ1n) is 5.81. The number of hydrogen-bond acceptors (Lipinski definition) is 4. The molecular weight excluding hydrogens is 192 g/mol. The van der Waals surface area contributed by atoms with E-state index in [1.54, 1.807) is 0 Å². The van der Waals surface area contributed by atoms with Crippen molar-refractivity contribution >= 4 is 0 Å². The molecule has 0 aromatic rings. The molecule has 0 aromatic heterocycles. The Bertz CT molecular complexity index is 157. The largest absolute Gasteiger partial charge is 0.394 e. The standard InChI is InChI=1S/C11H24N2O2/c1-12(2)11-3-5-13(6-4-11)7-9-15-10-8-14/h11,14H,3-10H2,1-2H3. The minimum atomic E-state index is 0.128. The van der Waals surface area contributed by atoms with Gasteiger partial charge in [-0.2, -0.15) is 0 Å². The monoisotopic (exact) mass is 216 g/mol. The molecule has 1 aliphatic heterocycles. The Morgan fingerprint density at radius 1 is 1.27 bits per heavy atom. The maximum absolute atomic E-state index is 8.55. The van der Waals surface area contributed by atoms with Gasteiger partial charge in [0.1, 0.15) is 0 Å². The summed E-state index contributed by atoms with van der Waals surface area (Å²) < 4.78 is 5.26. The van der Waals surface area contributed by atoms with Crippen molar-refractivity contribution in [2.75, 3.05) is 53.6 Å². The summed E-state index contributed by atoms with van der Waals surface area (Å²) in [6.07, 6.45) is 2.51. The molecule has 1 heterocycles. The van der Waals surface area contributed by atoms with E-state index in [-0.39, 0.29) is 6.61 Å². The zero-order valence-electron chi connectivity index (χ0n) is 9.98. The number of aliphatic hydroxyl groups excluding tert-OH is 1. The van der Waals surface area contributed by atoms with Crippen molar-refractivity contribution in [3.8, 4) is 0 Å². The SMILES string of the molecule is CN(C)C1CCN(CCOCCO)CC1. The maximum Gasteiger partial charge on any atom is 0.0698 e. The molecule has 0 spiro atoms. The third-order valence-electron chi connectivity index (χ3n) is 3.07. The summed E-state index contributed by atoms with van der Waals surface area (Å²) in [5.41, 5.74) is 0. The van der Waals surface area contributed by atoms with Gasteiger partial charge in [0.05, 0.1) is 19.8 Å². The molecule has 0 amide bonds. The fourth-order valence-electron chi connectivity index (χ4n) is 2.02. The lowest BCUT2D eigenvalue weighted by Gasteiger charge is -2.35. The van der Waals surface area contributed by atoms with Crippen LogP contribution in [-0.4, -0.2) is 74.5 Å². The van der Waals surface area contributed by atoms with E-state index in [0.717, 1.165) is 19.2 Å². The van der Waals surface area contributed by atoms with Crippen molar-refractivity contribution in [1.82, 2.24) is 9.80 Å². The molecule has 0 saturated carbocycles. The predicted molar refractivity (Wildman–Crippen MR) is 61.1 cm³/mol.